The average molecular weight is 212 g/mol. The van der Waals surface area contributed by atoms with Crippen LogP contribution in [0, 0.1) is 6.57 Å². The molecule has 4 nitrogen and oxygen atoms in total. The molecule has 0 amide bonds. The third kappa shape index (κ3) is 1.66. The molecule has 2 N–H and O–H groups in total. The standard InChI is InChI=1S/C12H8N2O2/c1-13-12-9(15)7-10(16)14-11(12)8-5-3-2-4-6-8/h2-7H,(H2,14,15,16). The minimum Gasteiger partial charge on any atom is -0.519 e. The van der Waals surface area contributed by atoms with Gasteiger partial charge in [0.25, 0.3) is 5.69 Å². The summed E-state index contributed by atoms with van der Waals surface area (Å²) >= 11 is 0. The lowest BCUT2D eigenvalue weighted by molar-refractivity contribution is 0.477. The van der Waals surface area contributed by atoms with Crippen LogP contribution in [0.5, 0.6) is 5.75 Å². The van der Waals surface area contributed by atoms with E-state index < -0.39 is 5.56 Å². The van der Waals surface area contributed by atoms with Gasteiger partial charge in [0.15, 0.2) is 0 Å². The number of aromatic amines is 1. The average Bonchev–Trinajstić information content (AvgIpc) is 2.29. The number of hydrogen-bond donors (Lipinski definition) is 2. The maximum atomic E-state index is 11.2. The van der Waals surface area contributed by atoms with E-state index in [9.17, 15) is 9.90 Å². The molecule has 0 saturated carbocycles. The van der Waals surface area contributed by atoms with Crippen molar-refractivity contribution in [3.63, 3.8) is 0 Å². The number of benzene rings is 1. The lowest BCUT2D eigenvalue weighted by atomic mass is 10.1. The highest BCUT2D eigenvalue weighted by Gasteiger charge is 2.11. The molecule has 4 heteroatoms. The van der Waals surface area contributed by atoms with E-state index in [4.69, 9.17) is 6.57 Å². The minimum absolute atomic E-state index is 0.0609. The number of H-pyrrole nitrogens is 1. The Morgan fingerprint density at radius 2 is 1.94 bits per heavy atom. The first-order valence-corrected chi connectivity index (χ1v) is 4.61. The summed E-state index contributed by atoms with van der Waals surface area (Å²) in [4.78, 5) is 17.0. The van der Waals surface area contributed by atoms with Gasteiger partial charge in [-0.3, -0.25) is 4.79 Å². The molecule has 1 aromatic heterocycles. The Morgan fingerprint density at radius 3 is 2.56 bits per heavy atom. The quantitative estimate of drug-likeness (QED) is 0.712. The van der Waals surface area contributed by atoms with Gasteiger partial charge in [-0.1, -0.05) is 30.3 Å². The van der Waals surface area contributed by atoms with E-state index in [0.717, 1.165) is 6.07 Å². The molecule has 2 rings (SSSR count). The number of nitrogens with zero attached hydrogens (tertiary/aromatic N) is 1. The maximum absolute atomic E-state index is 11.2. The third-order valence-electron chi connectivity index (χ3n) is 2.17. The Labute approximate surface area is 91.6 Å². The molecular weight excluding hydrogens is 204 g/mol. The van der Waals surface area contributed by atoms with Crippen LogP contribution in [0.3, 0.4) is 0 Å². The van der Waals surface area contributed by atoms with Crippen LogP contribution in [-0.2, 0) is 0 Å². The summed E-state index contributed by atoms with van der Waals surface area (Å²) in [5, 5.41) is 9.50. The molecule has 1 heterocycles. The van der Waals surface area contributed by atoms with Gasteiger partial charge in [-0.25, -0.2) is 4.85 Å². The second-order valence-electron chi connectivity index (χ2n) is 3.22. The van der Waals surface area contributed by atoms with Crippen molar-refractivity contribution in [1.29, 1.82) is 0 Å². The van der Waals surface area contributed by atoms with Crippen molar-refractivity contribution in [2.24, 2.45) is 0 Å². The minimum atomic E-state index is -0.427. The molecule has 0 aliphatic rings. The van der Waals surface area contributed by atoms with E-state index >= 15 is 0 Å². The van der Waals surface area contributed by atoms with Crippen molar-refractivity contribution in [1.82, 2.24) is 4.98 Å². The van der Waals surface area contributed by atoms with E-state index in [1.54, 1.807) is 24.3 Å². The van der Waals surface area contributed by atoms with Crippen molar-refractivity contribution in [2.45, 2.75) is 0 Å². The molecule has 0 bridgehead atoms. The molecule has 0 aliphatic carbocycles. The van der Waals surface area contributed by atoms with Gasteiger partial charge in [0.1, 0.15) is 5.75 Å². The van der Waals surface area contributed by atoms with E-state index in [0.29, 0.717) is 11.3 Å². The molecule has 0 saturated heterocycles. The Morgan fingerprint density at radius 1 is 1.25 bits per heavy atom. The molecule has 0 atom stereocenters. The van der Waals surface area contributed by atoms with E-state index in [1.165, 1.54) is 0 Å². The summed E-state index contributed by atoms with van der Waals surface area (Å²) in [6, 6.07) is 9.96. The van der Waals surface area contributed by atoms with Gasteiger partial charge >= 0.3 is 0 Å². The molecule has 0 radical (unpaired) electrons. The number of aromatic nitrogens is 1. The molecule has 78 valence electrons. The highest BCUT2D eigenvalue weighted by molar-refractivity contribution is 5.79. The second-order valence-corrected chi connectivity index (χ2v) is 3.22. The van der Waals surface area contributed by atoms with Gasteiger partial charge in [-0.15, -0.1) is 0 Å². The first-order chi connectivity index (χ1) is 7.72. The van der Waals surface area contributed by atoms with Gasteiger partial charge in [0.2, 0.25) is 5.56 Å². The molecule has 0 unspecified atom stereocenters. The number of nitrogens with one attached hydrogen (secondary N) is 1. The van der Waals surface area contributed by atoms with Crippen LogP contribution in [0.15, 0.2) is 41.2 Å². The monoisotopic (exact) mass is 212 g/mol. The second kappa shape index (κ2) is 3.91. The zero-order valence-electron chi connectivity index (χ0n) is 8.27. The van der Waals surface area contributed by atoms with Crippen LogP contribution < -0.4 is 5.56 Å². The number of aromatic hydroxyl groups is 1. The summed E-state index contributed by atoms with van der Waals surface area (Å²) in [6.45, 7) is 6.99. The van der Waals surface area contributed by atoms with Gasteiger partial charge in [0.05, 0.1) is 12.3 Å². The summed E-state index contributed by atoms with van der Waals surface area (Å²) in [7, 11) is 0. The maximum Gasteiger partial charge on any atom is 0.251 e. The molecule has 0 aliphatic heterocycles. The fraction of sp³-hybridized carbons (Fsp3) is 0. The molecule has 1 aromatic carbocycles. The SMILES string of the molecule is [C-]#[N+]c1c(O)cc(=O)[nH]c1-c1ccccc1. The van der Waals surface area contributed by atoms with Crippen LogP contribution in [-0.4, -0.2) is 10.1 Å². The number of hydrogen-bond acceptors (Lipinski definition) is 2. The van der Waals surface area contributed by atoms with Crippen LogP contribution in [0.2, 0.25) is 0 Å². The molecule has 0 spiro atoms. The highest BCUT2D eigenvalue weighted by atomic mass is 16.3. The predicted molar refractivity (Wildman–Crippen MR) is 60.4 cm³/mol. The van der Waals surface area contributed by atoms with Crippen LogP contribution in [0.25, 0.3) is 16.1 Å². The van der Waals surface area contributed by atoms with E-state index in [-0.39, 0.29) is 11.4 Å². The topological polar surface area (TPSA) is 57.4 Å². The van der Waals surface area contributed by atoms with Crippen molar-refractivity contribution in [3.8, 4) is 17.0 Å². The van der Waals surface area contributed by atoms with Crippen molar-refractivity contribution < 1.29 is 5.11 Å². The fourth-order valence-electron chi connectivity index (χ4n) is 1.47. The van der Waals surface area contributed by atoms with Gasteiger partial charge < -0.3 is 10.1 Å². The lowest BCUT2D eigenvalue weighted by Gasteiger charge is -2.05. The molecule has 16 heavy (non-hydrogen) atoms. The van der Waals surface area contributed by atoms with Crippen molar-refractivity contribution >= 4 is 5.69 Å². The predicted octanol–water partition coefficient (Wildman–Crippen LogP) is 2.30. The lowest BCUT2D eigenvalue weighted by Crippen LogP contribution is -2.04. The summed E-state index contributed by atoms with van der Waals surface area (Å²) in [5.74, 6) is -0.294. The van der Waals surface area contributed by atoms with E-state index in [1.807, 2.05) is 6.07 Å². The van der Waals surface area contributed by atoms with Crippen molar-refractivity contribution in [2.75, 3.05) is 0 Å². The Balaban J connectivity index is 2.75. The smallest absolute Gasteiger partial charge is 0.251 e. The largest absolute Gasteiger partial charge is 0.519 e. The highest BCUT2D eigenvalue weighted by Crippen LogP contribution is 2.34. The van der Waals surface area contributed by atoms with Crippen LogP contribution in [0.4, 0.5) is 5.69 Å². The molecule has 0 fully saturated rings. The van der Waals surface area contributed by atoms with Crippen LogP contribution >= 0.6 is 0 Å². The third-order valence-corrected chi connectivity index (χ3v) is 2.17. The zero-order chi connectivity index (χ0) is 11.5. The van der Waals surface area contributed by atoms with E-state index in [2.05, 4.69) is 9.83 Å². The number of rotatable bonds is 1. The first-order valence-electron chi connectivity index (χ1n) is 4.61. The fourth-order valence-corrected chi connectivity index (χ4v) is 1.47. The zero-order valence-corrected chi connectivity index (χ0v) is 8.27. The Kier molecular flexibility index (Phi) is 2.44. The van der Waals surface area contributed by atoms with Crippen molar-refractivity contribution in [3.05, 3.63) is 58.2 Å². The van der Waals surface area contributed by atoms with Crippen LogP contribution in [0.1, 0.15) is 0 Å². The summed E-state index contributed by atoms with van der Waals surface area (Å²) < 4.78 is 0. The Bertz CT molecular complexity index is 609. The van der Waals surface area contributed by atoms with Gasteiger partial charge in [-0.05, 0) is 5.56 Å². The number of pyridine rings is 1. The summed E-state index contributed by atoms with van der Waals surface area (Å²) in [6.07, 6.45) is 0. The normalized spacial score (nSPS) is 9.69. The van der Waals surface area contributed by atoms with Gasteiger partial charge in [0, 0.05) is 6.07 Å². The molecule has 2 aromatic rings. The summed E-state index contributed by atoms with van der Waals surface area (Å²) in [5.41, 5.74) is 0.677. The Hall–Kier alpha value is -2.54. The first kappa shape index (κ1) is 9.99. The van der Waals surface area contributed by atoms with Gasteiger partial charge in [-0.2, -0.15) is 0 Å². The molecular formula is C12H8N2O2.